The van der Waals surface area contributed by atoms with Crippen molar-refractivity contribution in [3.8, 4) is 0 Å². The Balaban J connectivity index is 1.34. The van der Waals surface area contributed by atoms with Gasteiger partial charge in [-0.1, -0.05) is 45.4 Å². The molecule has 0 bridgehead atoms. The summed E-state index contributed by atoms with van der Waals surface area (Å²) in [5.74, 6) is -5.11. The van der Waals surface area contributed by atoms with E-state index < -0.39 is 168 Å². The molecule has 30 nitrogen and oxygen atoms in total. The van der Waals surface area contributed by atoms with E-state index in [1.54, 1.807) is 0 Å². The van der Waals surface area contributed by atoms with Crippen molar-refractivity contribution in [3.63, 3.8) is 0 Å². The fraction of sp³-hybridized carbons (Fsp3) is 0.889. The number of carbonyl (C=O) groups is 5. The summed E-state index contributed by atoms with van der Waals surface area (Å²) in [6, 6.07) is -1.38. The summed E-state index contributed by atoms with van der Waals surface area (Å²) in [6.07, 6.45) is -14.6. The third kappa shape index (κ3) is 22.2. The van der Waals surface area contributed by atoms with Gasteiger partial charge >= 0.3 is 26.8 Å². The smallest absolute Gasteiger partial charge is 0.398 e. The van der Waals surface area contributed by atoms with E-state index in [2.05, 4.69) is 29.6 Å². The molecule has 446 valence electrons. The highest BCUT2D eigenvalue weighted by molar-refractivity contribution is 7.81. The second kappa shape index (κ2) is 32.2. The second-order valence-electron chi connectivity index (χ2n) is 19.4. The Morgan fingerprint density at radius 3 is 2.03 bits per heavy atom. The number of aliphatic carboxylic acids is 1. The highest BCUT2D eigenvalue weighted by Crippen LogP contribution is 2.40. The van der Waals surface area contributed by atoms with Crippen LogP contribution in [0.15, 0.2) is 0 Å². The number of ether oxygens (including phenoxy) is 7. The molecule has 0 aromatic carbocycles. The third-order valence-electron chi connectivity index (χ3n) is 13.6. The van der Waals surface area contributed by atoms with E-state index in [1.807, 2.05) is 6.92 Å². The summed E-state index contributed by atoms with van der Waals surface area (Å²) in [6.45, 7) is 2.60. The van der Waals surface area contributed by atoms with Crippen molar-refractivity contribution in [1.29, 1.82) is 0 Å². The molecule has 12 N–H and O–H groups in total. The molecule has 2 aliphatic carbocycles. The number of carbonyl (C=O) groups excluding carboxylic acids is 4. The van der Waals surface area contributed by atoms with E-state index in [4.69, 9.17) is 42.3 Å². The molecule has 0 aromatic heterocycles. The first-order chi connectivity index (χ1) is 36.3. The van der Waals surface area contributed by atoms with Crippen molar-refractivity contribution in [3.05, 3.63) is 0 Å². The second-order valence-corrected chi connectivity index (χ2v) is 21.5. The van der Waals surface area contributed by atoms with Crippen LogP contribution in [0, 0.1) is 17.8 Å². The molecule has 2 saturated heterocycles. The SMILES string of the molecule is CCC1CC(C(=O)NCCNC(=O)CCOCCOCCNC(=O)[C@H](CCOS(=O)(=O)O)OS(=O)(=O)O)C[C@@H](O[C@@H]2O[C@@H](CO)[C@H](O)C(O[C@@H](CC3CCCCC3)C(=O)O)C2NC(C)=O)[C@@H]1O[C@@H]1OC(C)[C@@H](O)[C@H](O)C1O. The zero-order chi connectivity index (χ0) is 57.0. The Hall–Kier alpha value is -3.39. The van der Waals surface area contributed by atoms with E-state index in [9.17, 15) is 71.4 Å². The fourth-order valence-electron chi connectivity index (χ4n) is 9.67. The molecule has 4 fully saturated rings. The number of carboxylic acids is 1. The number of nitrogens with one attached hydrogen (secondary N) is 4. The minimum Gasteiger partial charge on any atom is -0.479 e. The minimum absolute atomic E-state index is 0.00712. The van der Waals surface area contributed by atoms with Crippen molar-refractivity contribution in [2.24, 2.45) is 17.8 Å². The normalized spacial score (nSPS) is 31.1. The number of aliphatic hydroxyl groups is 5. The van der Waals surface area contributed by atoms with Crippen molar-refractivity contribution in [2.75, 3.05) is 59.3 Å². The zero-order valence-corrected chi connectivity index (χ0v) is 44.8. The zero-order valence-electron chi connectivity index (χ0n) is 43.2. The predicted molar refractivity (Wildman–Crippen MR) is 259 cm³/mol. The Bertz CT molecular complexity index is 2090. The molecule has 16 atom stereocenters. The molecule has 4 rings (SSSR count). The quantitative estimate of drug-likeness (QED) is 0.0231. The molecule has 0 aromatic rings. The summed E-state index contributed by atoms with van der Waals surface area (Å²) in [7, 11) is -10.0. The number of aliphatic hydroxyl groups excluding tert-OH is 5. The number of hydrogen-bond donors (Lipinski definition) is 12. The predicted octanol–water partition coefficient (Wildman–Crippen LogP) is -3.42. The van der Waals surface area contributed by atoms with Gasteiger partial charge in [-0.05, 0) is 38.0 Å². The van der Waals surface area contributed by atoms with Gasteiger partial charge in [0.05, 0.1) is 58.0 Å². The lowest BCUT2D eigenvalue weighted by atomic mass is 9.75. The minimum atomic E-state index is -5.12. The van der Waals surface area contributed by atoms with Crippen LogP contribution in [-0.2, 0) is 86.3 Å². The largest absolute Gasteiger partial charge is 0.479 e. The molecule has 4 aliphatic rings. The molecule has 2 aliphatic heterocycles. The number of carboxylic acid groups (broad SMARTS) is 1. The van der Waals surface area contributed by atoms with Gasteiger partial charge in [0.15, 0.2) is 24.8 Å². The van der Waals surface area contributed by atoms with Crippen LogP contribution in [0.3, 0.4) is 0 Å². The molecule has 6 unspecified atom stereocenters. The van der Waals surface area contributed by atoms with E-state index in [1.165, 1.54) is 13.8 Å². The van der Waals surface area contributed by atoms with Gasteiger partial charge in [0, 0.05) is 45.3 Å². The van der Waals surface area contributed by atoms with Gasteiger partial charge in [-0.15, -0.1) is 0 Å². The fourth-order valence-corrected chi connectivity index (χ4v) is 10.5. The Labute approximate surface area is 446 Å². The van der Waals surface area contributed by atoms with Gasteiger partial charge in [-0.2, -0.15) is 16.8 Å². The Morgan fingerprint density at radius 2 is 1.40 bits per heavy atom. The molecular formula is C45H78N4O26S2. The van der Waals surface area contributed by atoms with Crippen molar-refractivity contribution < 1.29 is 122 Å². The molecule has 2 heterocycles. The summed E-state index contributed by atoms with van der Waals surface area (Å²) in [5, 5.41) is 74.6. The van der Waals surface area contributed by atoms with E-state index in [-0.39, 0.29) is 77.7 Å². The Kier molecular flexibility index (Phi) is 27.6. The lowest BCUT2D eigenvalue weighted by Crippen LogP contribution is -2.67. The maximum absolute atomic E-state index is 13.9. The number of rotatable bonds is 32. The molecule has 4 amide bonds. The summed E-state index contributed by atoms with van der Waals surface area (Å²) in [5.41, 5.74) is 0. The standard InChI is InChI=1S/C45H78N4O26S2/c1-4-27-21-28(41(57)47-13-12-46-33(52)11-15-67-18-19-68-17-14-48-42(58)29(75-77(64,65)66)10-16-69-76(61,62)63)22-30(39(27)74-45-38(56)37(55)35(53)24(2)70-45)72-44-34(49-25(3)51)40(36(54)32(23-50)73-44)71-31(43(59)60)20-26-8-6-5-7-9-26/h24,26-32,34-40,44-45,50,53-56H,4-23H2,1-3H3,(H,46,52)(H,47,57)(H,48,58)(H,49,51)(H,59,60)(H,61,62,63)(H,64,65,66)/t24?,27?,28?,29-,30+,31-,32-,34?,35+,36-,37-,38?,39+,40?,44+,45-/m0/s1. The molecular weight excluding hydrogens is 1080 g/mol. The van der Waals surface area contributed by atoms with Crippen LogP contribution < -0.4 is 21.3 Å². The van der Waals surface area contributed by atoms with Crippen LogP contribution in [0.1, 0.15) is 91.4 Å². The lowest BCUT2D eigenvalue weighted by molar-refractivity contribution is -0.338. The first kappa shape index (κ1) is 66.1. The van der Waals surface area contributed by atoms with E-state index >= 15 is 0 Å². The van der Waals surface area contributed by atoms with Crippen LogP contribution in [0.4, 0.5) is 0 Å². The highest BCUT2D eigenvalue weighted by atomic mass is 32.3. The summed E-state index contributed by atoms with van der Waals surface area (Å²) in [4.78, 5) is 64.1. The average molecular weight is 1160 g/mol. The topological polar surface area (TPSA) is 447 Å². The molecule has 32 heteroatoms. The maximum Gasteiger partial charge on any atom is 0.398 e. The molecule has 2 saturated carbocycles. The summed E-state index contributed by atoms with van der Waals surface area (Å²) >= 11 is 0. The maximum atomic E-state index is 13.9. The van der Waals surface area contributed by atoms with Gasteiger partial charge in [-0.25, -0.2) is 13.2 Å². The first-order valence-corrected chi connectivity index (χ1v) is 28.4. The van der Waals surface area contributed by atoms with Crippen LogP contribution in [0.25, 0.3) is 0 Å². The Morgan fingerprint density at radius 1 is 0.727 bits per heavy atom. The van der Waals surface area contributed by atoms with Gasteiger partial charge in [0.1, 0.15) is 42.7 Å². The van der Waals surface area contributed by atoms with Gasteiger partial charge < -0.3 is 85.1 Å². The number of amides is 4. The monoisotopic (exact) mass is 1150 g/mol. The van der Waals surface area contributed by atoms with Gasteiger partial charge in [0.2, 0.25) is 17.7 Å². The third-order valence-corrected chi connectivity index (χ3v) is 14.6. The molecule has 0 radical (unpaired) electrons. The van der Waals surface area contributed by atoms with Crippen LogP contribution in [-0.4, -0.2) is 231 Å². The van der Waals surface area contributed by atoms with Crippen LogP contribution in [0.2, 0.25) is 0 Å². The first-order valence-electron chi connectivity index (χ1n) is 25.7. The van der Waals surface area contributed by atoms with Crippen LogP contribution >= 0.6 is 0 Å². The van der Waals surface area contributed by atoms with Gasteiger partial charge in [-0.3, -0.25) is 28.3 Å². The lowest BCUT2D eigenvalue weighted by Gasteiger charge is -2.49. The summed E-state index contributed by atoms with van der Waals surface area (Å²) < 4.78 is 111. The van der Waals surface area contributed by atoms with E-state index in [0.717, 1.165) is 32.1 Å². The van der Waals surface area contributed by atoms with Crippen molar-refractivity contribution in [2.45, 2.75) is 177 Å². The van der Waals surface area contributed by atoms with Gasteiger partial charge in [0.25, 0.3) is 5.91 Å². The molecule has 0 spiro atoms. The highest BCUT2D eigenvalue weighted by Gasteiger charge is 2.53. The van der Waals surface area contributed by atoms with Crippen LogP contribution in [0.5, 0.6) is 0 Å². The van der Waals surface area contributed by atoms with Crippen molar-refractivity contribution in [1.82, 2.24) is 21.3 Å². The van der Waals surface area contributed by atoms with Crippen molar-refractivity contribution >= 4 is 50.4 Å². The van der Waals surface area contributed by atoms with E-state index in [0.29, 0.717) is 6.42 Å². The number of hydrogen-bond acceptors (Lipinski definition) is 23. The molecule has 77 heavy (non-hydrogen) atoms. The average Bonchev–Trinajstić information content (AvgIpc) is 3.36.